The van der Waals surface area contributed by atoms with Crippen LogP contribution in [0.4, 0.5) is 0 Å². The highest BCUT2D eigenvalue weighted by Crippen LogP contribution is 2.29. The van der Waals surface area contributed by atoms with Gasteiger partial charge in [-0.15, -0.1) is 11.3 Å². The molecule has 1 fully saturated rings. The van der Waals surface area contributed by atoms with Crippen molar-refractivity contribution in [2.24, 2.45) is 5.92 Å². The molecular formula is C14H21NO4S2. The van der Waals surface area contributed by atoms with Crippen molar-refractivity contribution in [1.82, 2.24) is 4.72 Å². The lowest BCUT2D eigenvalue weighted by molar-refractivity contribution is 0.0698. The monoisotopic (exact) mass is 331 g/mol. The van der Waals surface area contributed by atoms with Crippen molar-refractivity contribution in [3.8, 4) is 0 Å². The van der Waals surface area contributed by atoms with E-state index in [0.717, 1.165) is 43.4 Å². The number of aromatic carboxylic acids is 1. The lowest BCUT2D eigenvalue weighted by Crippen LogP contribution is -2.40. The fourth-order valence-electron chi connectivity index (χ4n) is 2.98. The molecule has 2 rings (SSSR count). The number of sulfonamides is 1. The average molecular weight is 331 g/mol. The summed E-state index contributed by atoms with van der Waals surface area (Å²) in [7, 11) is -3.77. The average Bonchev–Trinajstić information content (AvgIpc) is 2.96. The molecule has 0 radical (unpaired) electrons. The summed E-state index contributed by atoms with van der Waals surface area (Å²) in [5.74, 6) is -0.846. The molecule has 0 aromatic carbocycles. The highest BCUT2D eigenvalue weighted by molar-refractivity contribution is 7.89. The van der Waals surface area contributed by atoms with E-state index in [-0.39, 0.29) is 15.8 Å². The van der Waals surface area contributed by atoms with Crippen molar-refractivity contribution in [3.63, 3.8) is 0 Å². The maximum Gasteiger partial charge on any atom is 0.347 e. The van der Waals surface area contributed by atoms with Gasteiger partial charge in [0.05, 0.1) is 0 Å². The summed E-state index contributed by atoms with van der Waals surface area (Å²) in [4.78, 5) is 10.9. The Hall–Kier alpha value is -0.920. The quantitative estimate of drug-likeness (QED) is 0.839. The van der Waals surface area contributed by atoms with Gasteiger partial charge in [0, 0.05) is 6.04 Å². The zero-order valence-electron chi connectivity index (χ0n) is 12.0. The largest absolute Gasteiger partial charge is 0.477 e. The van der Waals surface area contributed by atoms with E-state index in [1.54, 1.807) is 0 Å². The molecule has 1 unspecified atom stereocenters. The van der Waals surface area contributed by atoms with Crippen LogP contribution in [0.25, 0.3) is 0 Å². The Morgan fingerprint density at radius 1 is 1.43 bits per heavy atom. The summed E-state index contributed by atoms with van der Waals surface area (Å²) in [6.07, 6.45) is 6.29. The molecule has 5 nitrogen and oxygen atoms in total. The Balaban J connectivity index is 2.18. The number of hydrogen-bond acceptors (Lipinski definition) is 4. The van der Waals surface area contributed by atoms with Gasteiger partial charge < -0.3 is 5.11 Å². The molecular weight excluding hydrogens is 310 g/mol. The summed E-state index contributed by atoms with van der Waals surface area (Å²) in [5, 5.41) is 10.6. The highest BCUT2D eigenvalue weighted by Gasteiger charge is 2.30. The molecule has 1 aliphatic carbocycles. The second-order valence-corrected chi connectivity index (χ2v) is 8.05. The van der Waals surface area contributed by atoms with Crippen molar-refractivity contribution in [1.29, 1.82) is 0 Å². The minimum absolute atomic E-state index is 0.114. The van der Waals surface area contributed by atoms with Crippen LogP contribution in [0.2, 0.25) is 0 Å². The molecule has 118 valence electrons. The third-order valence-corrected chi connectivity index (χ3v) is 6.64. The molecule has 0 spiro atoms. The van der Waals surface area contributed by atoms with Crippen molar-refractivity contribution in [2.45, 2.75) is 56.4 Å². The molecule has 1 aromatic heterocycles. The molecule has 21 heavy (non-hydrogen) atoms. The Kier molecular flexibility index (Phi) is 5.40. The molecule has 2 N–H and O–H groups in total. The molecule has 1 heterocycles. The topological polar surface area (TPSA) is 83.5 Å². The lowest BCUT2D eigenvalue weighted by atomic mass is 9.83. The zero-order valence-corrected chi connectivity index (χ0v) is 13.7. The van der Waals surface area contributed by atoms with E-state index in [4.69, 9.17) is 5.11 Å². The maximum atomic E-state index is 12.5. The number of carboxylic acids is 1. The summed E-state index contributed by atoms with van der Waals surface area (Å²) in [6.45, 7) is 1.97. The molecule has 1 saturated carbocycles. The van der Waals surface area contributed by atoms with Crippen LogP contribution in [0.5, 0.6) is 0 Å². The number of nitrogens with one attached hydrogen (secondary N) is 1. The Morgan fingerprint density at radius 2 is 2.10 bits per heavy atom. The van der Waals surface area contributed by atoms with Gasteiger partial charge in [0.25, 0.3) is 0 Å². The van der Waals surface area contributed by atoms with Crippen LogP contribution in [0.3, 0.4) is 0 Å². The molecule has 0 saturated heterocycles. The van der Waals surface area contributed by atoms with Crippen LogP contribution in [0.15, 0.2) is 16.3 Å². The van der Waals surface area contributed by atoms with Gasteiger partial charge >= 0.3 is 5.97 Å². The Bertz CT molecular complexity index is 588. The van der Waals surface area contributed by atoms with E-state index in [9.17, 15) is 13.2 Å². The summed E-state index contributed by atoms with van der Waals surface area (Å²) < 4.78 is 27.7. The van der Waals surface area contributed by atoms with Crippen LogP contribution >= 0.6 is 11.3 Å². The van der Waals surface area contributed by atoms with Crippen LogP contribution < -0.4 is 4.72 Å². The predicted molar refractivity (Wildman–Crippen MR) is 82.3 cm³/mol. The third-order valence-electron chi connectivity index (χ3n) is 4.08. The molecule has 0 aliphatic heterocycles. The fourth-order valence-corrected chi connectivity index (χ4v) is 5.63. The third kappa shape index (κ3) is 3.84. The number of rotatable bonds is 6. The van der Waals surface area contributed by atoms with Crippen molar-refractivity contribution in [3.05, 3.63) is 16.3 Å². The van der Waals surface area contributed by atoms with Crippen LogP contribution in [-0.4, -0.2) is 25.5 Å². The van der Waals surface area contributed by atoms with Gasteiger partial charge in [-0.05, 0) is 36.6 Å². The van der Waals surface area contributed by atoms with Gasteiger partial charge in [0.1, 0.15) is 9.77 Å². The smallest absolute Gasteiger partial charge is 0.347 e. The van der Waals surface area contributed by atoms with Gasteiger partial charge in [-0.3, -0.25) is 0 Å². The van der Waals surface area contributed by atoms with E-state index in [1.165, 1.54) is 17.9 Å². The van der Waals surface area contributed by atoms with E-state index in [1.807, 2.05) is 6.92 Å². The Labute approximate surface area is 129 Å². The van der Waals surface area contributed by atoms with Crippen molar-refractivity contribution >= 4 is 27.3 Å². The lowest BCUT2D eigenvalue weighted by Gasteiger charge is -2.30. The van der Waals surface area contributed by atoms with Crippen LogP contribution in [-0.2, 0) is 10.0 Å². The number of thiophene rings is 1. The second-order valence-electron chi connectivity index (χ2n) is 5.45. The maximum absolute atomic E-state index is 12.5. The first-order valence-corrected chi connectivity index (χ1v) is 9.65. The molecule has 0 bridgehead atoms. The first kappa shape index (κ1) is 16.5. The summed E-state index contributed by atoms with van der Waals surface area (Å²) in [6, 6.07) is 1.25. The fraction of sp³-hybridized carbons (Fsp3) is 0.643. The van der Waals surface area contributed by atoms with Gasteiger partial charge in [-0.2, -0.15) is 0 Å². The first-order chi connectivity index (χ1) is 9.95. The summed E-state index contributed by atoms with van der Waals surface area (Å²) in [5.41, 5.74) is 0. The van der Waals surface area contributed by atoms with E-state index in [0.29, 0.717) is 5.92 Å². The molecule has 1 aliphatic rings. The van der Waals surface area contributed by atoms with Crippen molar-refractivity contribution in [2.75, 3.05) is 0 Å². The van der Waals surface area contributed by atoms with Crippen LogP contribution in [0.1, 0.15) is 55.1 Å². The SMILES string of the molecule is CCC(NS(=O)(=O)c1ccsc1C(=O)O)C1CCCCC1. The second kappa shape index (κ2) is 6.89. The van der Waals surface area contributed by atoms with Gasteiger partial charge in [-0.1, -0.05) is 26.2 Å². The minimum Gasteiger partial charge on any atom is -0.477 e. The van der Waals surface area contributed by atoms with Gasteiger partial charge in [0.15, 0.2) is 0 Å². The molecule has 7 heteroatoms. The van der Waals surface area contributed by atoms with Crippen molar-refractivity contribution < 1.29 is 18.3 Å². The molecule has 0 amide bonds. The highest BCUT2D eigenvalue weighted by atomic mass is 32.2. The Morgan fingerprint density at radius 3 is 2.67 bits per heavy atom. The first-order valence-electron chi connectivity index (χ1n) is 7.29. The van der Waals surface area contributed by atoms with E-state index < -0.39 is 16.0 Å². The zero-order chi connectivity index (χ0) is 15.5. The van der Waals surface area contributed by atoms with Gasteiger partial charge in [-0.25, -0.2) is 17.9 Å². The number of carboxylic acid groups (broad SMARTS) is 1. The standard InChI is InChI=1S/C14H21NO4S2/c1-2-11(10-6-4-3-5-7-10)15-21(18,19)12-8-9-20-13(12)14(16)17/h8-11,15H,2-7H2,1H3,(H,16,17). The predicted octanol–water partition coefficient (Wildman–Crippen LogP) is 3.08. The van der Waals surface area contributed by atoms with Gasteiger partial charge in [0.2, 0.25) is 10.0 Å². The van der Waals surface area contributed by atoms with E-state index in [2.05, 4.69) is 4.72 Å². The number of hydrogen-bond donors (Lipinski definition) is 2. The molecule has 1 atom stereocenters. The number of carbonyl (C=O) groups is 1. The normalized spacial score (nSPS) is 18.5. The summed E-state index contributed by atoms with van der Waals surface area (Å²) >= 11 is 0.936. The van der Waals surface area contributed by atoms with Crippen LogP contribution in [0, 0.1) is 5.92 Å². The minimum atomic E-state index is -3.77. The van der Waals surface area contributed by atoms with E-state index >= 15 is 0 Å². The molecule has 1 aromatic rings.